The van der Waals surface area contributed by atoms with Crippen LogP contribution >= 0.6 is 11.8 Å². The molecule has 0 aliphatic heterocycles. The van der Waals surface area contributed by atoms with Gasteiger partial charge in [-0.2, -0.15) is 0 Å². The second-order valence-electron chi connectivity index (χ2n) is 5.37. The molecule has 0 aliphatic rings. The monoisotopic (exact) mass is 374 g/mol. The van der Waals surface area contributed by atoms with E-state index < -0.39 is 11.7 Å². The number of ether oxygens (including phenoxy) is 2. The van der Waals surface area contributed by atoms with Gasteiger partial charge in [0.15, 0.2) is 16.7 Å². The Morgan fingerprint density at radius 3 is 2.42 bits per heavy atom. The van der Waals surface area contributed by atoms with Crippen molar-refractivity contribution < 1.29 is 18.7 Å². The normalized spacial score (nSPS) is 10.9. The maximum absolute atomic E-state index is 14.1. The quantitative estimate of drug-likeness (QED) is 0.599. The third kappa shape index (κ3) is 3.26. The highest BCUT2D eigenvalue weighted by Crippen LogP contribution is 2.35. The average Bonchev–Trinajstić information content (AvgIpc) is 2.99. The number of hydrogen-bond acceptors (Lipinski definition) is 5. The van der Waals surface area contributed by atoms with E-state index in [4.69, 9.17) is 9.47 Å². The van der Waals surface area contributed by atoms with E-state index in [2.05, 4.69) is 4.98 Å². The van der Waals surface area contributed by atoms with E-state index in [0.29, 0.717) is 40.9 Å². The molecule has 7 heteroatoms. The lowest BCUT2D eigenvalue weighted by Crippen LogP contribution is -2.14. The fourth-order valence-corrected chi connectivity index (χ4v) is 3.24. The summed E-state index contributed by atoms with van der Waals surface area (Å²) < 4.78 is 26.8. The van der Waals surface area contributed by atoms with Gasteiger partial charge in [-0.1, -0.05) is 23.9 Å². The second kappa shape index (κ2) is 7.78. The Bertz CT molecular complexity index is 955. The molecule has 0 N–H and O–H groups in total. The Hall–Kier alpha value is -2.54. The second-order valence-corrected chi connectivity index (χ2v) is 6.15. The Kier molecular flexibility index (Phi) is 5.46. The van der Waals surface area contributed by atoms with Crippen molar-refractivity contribution >= 4 is 28.7 Å². The summed E-state index contributed by atoms with van der Waals surface area (Å²) in [5.41, 5.74) is 1.13. The zero-order chi connectivity index (χ0) is 18.7. The van der Waals surface area contributed by atoms with Gasteiger partial charge in [-0.25, -0.2) is 9.37 Å². The van der Waals surface area contributed by atoms with Crippen LogP contribution in [-0.4, -0.2) is 34.9 Å². The van der Waals surface area contributed by atoms with Crippen LogP contribution in [0.4, 0.5) is 4.39 Å². The number of nitrogens with zero attached hydrogens (tertiary/aromatic N) is 2. The summed E-state index contributed by atoms with van der Waals surface area (Å²) >= 11 is 1.32. The number of imidazole rings is 1. The highest BCUT2D eigenvalue weighted by atomic mass is 32.2. The predicted octanol–water partition coefficient (Wildman–Crippen LogP) is 4.38. The molecule has 3 rings (SSSR count). The van der Waals surface area contributed by atoms with Gasteiger partial charge in [0, 0.05) is 12.1 Å². The third-order valence-corrected chi connectivity index (χ3v) is 4.42. The molecule has 0 bridgehead atoms. The van der Waals surface area contributed by atoms with Gasteiger partial charge >= 0.3 is 0 Å². The molecule has 0 saturated heterocycles. The van der Waals surface area contributed by atoms with Crippen LogP contribution in [0.25, 0.3) is 11.0 Å². The van der Waals surface area contributed by atoms with Gasteiger partial charge in [0.1, 0.15) is 5.82 Å². The van der Waals surface area contributed by atoms with E-state index in [-0.39, 0.29) is 5.56 Å². The standard InChI is InChI=1S/C19H19FN2O3S/c1-4-24-16-10-14-15(11-17(16)25-5-2)22(19(21-14)26-3)18(23)12-8-6-7-9-13(12)20/h6-11H,4-5H2,1-3H3. The molecule has 0 amide bonds. The molecule has 0 atom stereocenters. The summed E-state index contributed by atoms with van der Waals surface area (Å²) in [6.07, 6.45) is 1.82. The zero-order valence-electron chi connectivity index (χ0n) is 14.8. The Balaban J connectivity index is 2.22. The minimum absolute atomic E-state index is 0.00561. The number of halogens is 1. The van der Waals surface area contributed by atoms with Crippen molar-refractivity contribution in [3.8, 4) is 11.5 Å². The van der Waals surface area contributed by atoms with E-state index >= 15 is 0 Å². The van der Waals surface area contributed by atoms with E-state index in [9.17, 15) is 9.18 Å². The molecule has 0 unspecified atom stereocenters. The van der Waals surface area contributed by atoms with E-state index in [1.54, 1.807) is 24.3 Å². The largest absolute Gasteiger partial charge is 0.490 e. The maximum atomic E-state index is 14.1. The molecule has 136 valence electrons. The lowest BCUT2D eigenvalue weighted by Gasteiger charge is -2.12. The number of hydrogen-bond donors (Lipinski definition) is 0. The third-order valence-electron chi connectivity index (χ3n) is 3.78. The van der Waals surface area contributed by atoms with Gasteiger partial charge in [-0.15, -0.1) is 0 Å². The molecule has 0 aliphatic carbocycles. The smallest absolute Gasteiger partial charge is 0.267 e. The van der Waals surface area contributed by atoms with Gasteiger partial charge in [0.05, 0.1) is 29.8 Å². The Morgan fingerprint density at radius 1 is 1.15 bits per heavy atom. The number of benzene rings is 2. The maximum Gasteiger partial charge on any atom is 0.267 e. The van der Waals surface area contributed by atoms with Crippen LogP contribution in [0.15, 0.2) is 41.6 Å². The number of thioether (sulfide) groups is 1. The Labute approximate surface area is 155 Å². The summed E-state index contributed by atoms with van der Waals surface area (Å²) in [5.74, 6) is 0.0541. The van der Waals surface area contributed by atoms with Crippen LogP contribution in [0.2, 0.25) is 0 Å². The highest BCUT2D eigenvalue weighted by Gasteiger charge is 2.22. The first-order chi connectivity index (χ1) is 12.6. The number of rotatable bonds is 6. The van der Waals surface area contributed by atoms with Crippen LogP contribution < -0.4 is 9.47 Å². The van der Waals surface area contributed by atoms with Crippen LogP contribution in [0.1, 0.15) is 24.2 Å². The first-order valence-corrected chi connectivity index (χ1v) is 9.48. The van der Waals surface area contributed by atoms with Crippen molar-refractivity contribution in [2.24, 2.45) is 0 Å². The van der Waals surface area contributed by atoms with Gasteiger partial charge in [0.2, 0.25) is 0 Å². The molecule has 0 radical (unpaired) electrons. The molecular weight excluding hydrogens is 355 g/mol. The lowest BCUT2D eigenvalue weighted by molar-refractivity contribution is 0.0951. The van der Waals surface area contributed by atoms with Crippen LogP contribution in [0.5, 0.6) is 11.5 Å². The fourth-order valence-electron chi connectivity index (χ4n) is 2.69. The summed E-state index contributed by atoms with van der Waals surface area (Å²) in [6.45, 7) is 4.69. The number of aromatic nitrogens is 2. The molecule has 5 nitrogen and oxygen atoms in total. The minimum atomic E-state index is -0.567. The first-order valence-electron chi connectivity index (χ1n) is 8.26. The van der Waals surface area contributed by atoms with Crippen molar-refractivity contribution in [3.05, 3.63) is 47.8 Å². The molecule has 26 heavy (non-hydrogen) atoms. The van der Waals surface area contributed by atoms with Gasteiger partial charge < -0.3 is 9.47 Å². The van der Waals surface area contributed by atoms with Gasteiger partial charge in [-0.05, 0) is 32.2 Å². The lowest BCUT2D eigenvalue weighted by atomic mass is 10.2. The Morgan fingerprint density at radius 2 is 1.81 bits per heavy atom. The molecule has 0 spiro atoms. The average molecular weight is 374 g/mol. The molecule has 0 saturated carbocycles. The van der Waals surface area contributed by atoms with E-state index in [1.165, 1.54) is 28.5 Å². The van der Waals surface area contributed by atoms with E-state index in [1.807, 2.05) is 20.1 Å². The predicted molar refractivity (Wildman–Crippen MR) is 100.0 cm³/mol. The molecule has 2 aromatic carbocycles. The van der Waals surface area contributed by atoms with Crippen molar-refractivity contribution in [2.45, 2.75) is 19.0 Å². The first kappa shape index (κ1) is 18.3. The summed E-state index contributed by atoms with van der Waals surface area (Å²) in [7, 11) is 0. The van der Waals surface area contributed by atoms with E-state index in [0.717, 1.165) is 0 Å². The van der Waals surface area contributed by atoms with Crippen LogP contribution in [0, 0.1) is 5.82 Å². The fraction of sp³-hybridized carbons (Fsp3) is 0.263. The van der Waals surface area contributed by atoms with Crippen molar-refractivity contribution in [1.82, 2.24) is 9.55 Å². The molecule has 1 aromatic heterocycles. The van der Waals surface area contributed by atoms with Crippen molar-refractivity contribution in [2.75, 3.05) is 19.5 Å². The SMILES string of the molecule is CCOc1cc2nc(SC)n(C(=O)c3ccccc3F)c2cc1OCC. The van der Waals surface area contributed by atoms with Gasteiger partial charge in [0.25, 0.3) is 5.91 Å². The summed E-state index contributed by atoms with van der Waals surface area (Å²) in [4.78, 5) is 17.5. The number of fused-ring (bicyclic) bond motifs is 1. The number of carbonyl (C=O) groups excluding carboxylic acids is 1. The number of carbonyl (C=O) groups is 1. The van der Waals surface area contributed by atoms with Crippen LogP contribution in [-0.2, 0) is 0 Å². The minimum Gasteiger partial charge on any atom is -0.490 e. The van der Waals surface area contributed by atoms with Crippen molar-refractivity contribution in [3.63, 3.8) is 0 Å². The van der Waals surface area contributed by atoms with Crippen LogP contribution in [0.3, 0.4) is 0 Å². The highest BCUT2D eigenvalue weighted by molar-refractivity contribution is 7.98. The molecule has 3 aromatic rings. The van der Waals surface area contributed by atoms with Crippen molar-refractivity contribution in [1.29, 1.82) is 0 Å². The summed E-state index contributed by atoms with van der Waals surface area (Å²) in [5, 5.41) is 0.476. The summed E-state index contributed by atoms with van der Waals surface area (Å²) in [6, 6.07) is 9.38. The van der Waals surface area contributed by atoms with Gasteiger partial charge in [-0.3, -0.25) is 9.36 Å². The molecular formula is C19H19FN2O3S. The molecule has 1 heterocycles. The zero-order valence-corrected chi connectivity index (χ0v) is 15.6. The molecule has 0 fully saturated rings. The topological polar surface area (TPSA) is 53.4 Å².